The molecule has 0 radical (unpaired) electrons. The number of hydrogen-bond donors (Lipinski definition) is 0. The summed E-state index contributed by atoms with van der Waals surface area (Å²) < 4.78 is 42.9. The largest absolute Gasteiger partial charge is 0.460 e. The summed E-state index contributed by atoms with van der Waals surface area (Å²) in [6.45, 7) is 9.68. The number of carbonyl (C=O) groups excluding carboxylic acids is 2. The molecule has 3 fully saturated rings. The fourth-order valence-electron chi connectivity index (χ4n) is 8.20. The quantitative estimate of drug-likeness (QED) is 0.296. The lowest BCUT2D eigenvalue weighted by atomic mass is 9.44. The lowest BCUT2D eigenvalue weighted by molar-refractivity contribution is -0.206. The number of thioether (sulfide) groups is 1. The Bertz CT molecular complexity index is 1180. The van der Waals surface area contributed by atoms with Crippen molar-refractivity contribution in [2.24, 2.45) is 34.0 Å². The predicted molar refractivity (Wildman–Crippen MR) is 152 cm³/mol. The average molecular weight is 581 g/mol. The van der Waals surface area contributed by atoms with Crippen molar-refractivity contribution >= 4 is 33.6 Å². The number of rotatable bonds is 8. The maximum absolute atomic E-state index is 14.2. The second kappa shape index (κ2) is 11.1. The van der Waals surface area contributed by atoms with Crippen molar-refractivity contribution in [3.8, 4) is 0 Å². The molecule has 39 heavy (non-hydrogen) atoms. The molecule has 2 bridgehead atoms. The SMILES string of the molecule is CO[C@@H]1CC[C@@]23CC[C@@H](C)[C@@](C)([C@H](OC(=O)COS(=O)(=O)c4ccc(C)cc4)C[C@@](C)(CSC)C(=O)[C@@H]2C)[C@@H]13. The van der Waals surface area contributed by atoms with Crippen molar-refractivity contribution in [3.05, 3.63) is 29.8 Å². The fourth-order valence-corrected chi connectivity index (χ4v) is 9.96. The minimum absolute atomic E-state index is 0.00877. The number of ketones is 1. The first-order valence-electron chi connectivity index (χ1n) is 14.0. The number of ether oxygens (including phenoxy) is 2. The van der Waals surface area contributed by atoms with Gasteiger partial charge in [0.1, 0.15) is 11.9 Å². The van der Waals surface area contributed by atoms with Crippen molar-refractivity contribution in [2.75, 3.05) is 25.7 Å². The van der Waals surface area contributed by atoms with Gasteiger partial charge in [-0.25, -0.2) is 4.79 Å². The highest BCUT2D eigenvalue weighted by atomic mass is 32.2. The maximum Gasteiger partial charge on any atom is 0.333 e. The Morgan fingerprint density at radius 3 is 2.36 bits per heavy atom. The van der Waals surface area contributed by atoms with E-state index in [1.54, 1.807) is 31.0 Å². The Morgan fingerprint density at radius 2 is 1.74 bits per heavy atom. The van der Waals surface area contributed by atoms with Gasteiger partial charge in [-0.1, -0.05) is 45.4 Å². The zero-order chi connectivity index (χ0) is 28.8. The number of methoxy groups -OCH3 is 1. The van der Waals surface area contributed by atoms with Gasteiger partial charge in [0.15, 0.2) is 6.61 Å². The molecular weight excluding hydrogens is 536 g/mol. The van der Waals surface area contributed by atoms with Crippen molar-refractivity contribution in [2.45, 2.75) is 83.8 Å². The van der Waals surface area contributed by atoms with Crippen LogP contribution in [-0.2, 0) is 33.4 Å². The fraction of sp³-hybridized carbons (Fsp3) is 0.733. The molecule has 218 valence electrons. The van der Waals surface area contributed by atoms with Crippen LogP contribution >= 0.6 is 11.8 Å². The molecule has 9 heteroatoms. The lowest BCUT2D eigenvalue weighted by Gasteiger charge is -2.61. The molecular formula is C30H44O7S2. The van der Waals surface area contributed by atoms with Crippen molar-refractivity contribution in [1.29, 1.82) is 0 Å². The van der Waals surface area contributed by atoms with Crippen LogP contribution in [0.5, 0.6) is 0 Å². The molecule has 0 aliphatic heterocycles. The van der Waals surface area contributed by atoms with E-state index in [9.17, 15) is 18.0 Å². The average Bonchev–Trinajstić information content (AvgIpc) is 3.29. The van der Waals surface area contributed by atoms with Gasteiger partial charge in [0, 0.05) is 35.5 Å². The smallest absolute Gasteiger partial charge is 0.333 e. The minimum Gasteiger partial charge on any atom is -0.460 e. The minimum atomic E-state index is -4.12. The van der Waals surface area contributed by atoms with Gasteiger partial charge in [0.05, 0.1) is 11.0 Å². The van der Waals surface area contributed by atoms with E-state index in [0.29, 0.717) is 12.2 Å². The van der Waals surface area contributed by atoms with Crippen LogP contribution in [0, 0.1) is 40.9 Å². The van der Waals surface area contributed by atoms with Crippen molar-refractivity contribution in [1.82, 2.24) is 0 Å². The zero-order valence-corrected chi connectivity index (χ0v) is 26.0. The lowest BCUT2D eigenvalue weighted by Crippen LogP contribution is -2.63. The zero-order valence-electron chi connectivity index (χ0n) is 24.3. The molecule has 3 saturated carbocycles. The molecule has 0 heterocycles. The molecule has 1 aromatic carbocycles. The Hall–Kier alpha value is -1.42. The molecule has 1 aromatic rings. The van der Waals surface area contributed by atoms with Crippen LogP contribution in [0.3, 0.4) is 0 Å². The van der Waals surface area contributed by atoms with Crippen LogP contribution in [0.4, 0.5) is 0 Å². The summed E-state index contributed by atoms with van der Waals surface area (Å²) in [7, 11) is -2.38. The predicted octanol–water partition coefficient (Wildman–Crippen LogP) is 5.44. The van der Waals surface area contributed by atoms with Gasteiger partial charge in [-0.05, 0) is 68.7 Å². The molecule has 0 saturated heterocycles. The molecule has 3 aliphatic carbocycles. The van der Waals surface area contributed by atoms with Gasteiger partial charge >= 0.3 is 5.97 Å². The molecule has 0 spiro atoms. The summed E-state index contributed by atoms with van der Waals surface area (Å²) >= 11 is 1.63. The summed E-state index contributed by atoms with van der Waals surface area (Å²) in [5, 5.41) is 0. The van der Waals surface area contributed by atoms with E-state index in [0.717, 1.165) is 31.2 Å². The standard InChI is InChI=1S/C30H44O7S2/c1-19-8-10-22(11-9-19)39(33,34)36-17-25(31)37-24-16-28(4,18-38-7)27(32)21(3)30-14-12-20(2)29(24,5)26(30)23(35-6)13-15-30/h8-11,20-21,23-24,26H,12-18H2,1-7H3/t20-,21+,23-,24-,26-,28+,29+,30+/m1/s1. The molecule has 0 N–H and O–H groups in total. The Balaban J connectivity index is 1.68. The highest BCUT2D eigenvalue weighted by Gasteiger charge is 2.68. The van der Waals surface area contributed by atoms with E-state index in [1.807, 2.05) is 20.1 Å². The first-order chi connectivity index (χ1) is 18.2. The van der Waals surface area contributed by atoms with Crippen molar-refractivity contribution < 1.29 is 31.7 Å². The van der Waals surface area contributed by atoms with E-state index in [-0.39, 0.29) is 40.0 Å². The summed E-state index contributed by atoms with van der Waals surface area (Å²) in [5.74, 6) is 0.272. The molecule has 4 rings (SSSR count). The highest BCUT2D eigenvalue weighted by molar-refractivity contribution is 7.98. The second-order valence-corrected chi connectivity index (χ2v) is 15.1. The van der Waals surface area contributed by atoms with Crippen LogP contribution in [-0.4, -0.2) is 58.1 Å². The topological polar surface area (TPSA) is 96.0 Å². The summed E-state index contributed by atoms with van der Waals surface area (Å²) in [6, 6.07) is 6.28. The highest BCUT2D eigenvalue weighted by Crippen LogP contribution is 2.68. The van der Waals surface area contributed by atoms with Gasteiger partial charge in [-0.3, -0.25) is 8.98 Å². The normalized spacial score (nSPS) is 38.5. The Kier molecular flexibility index (Phi) is 8.69. The third-order valence-electron chi connectivity index (χ3n) is 10.5. The monoisotopic (exact) mass is 580 g/mol. The number of esters is 1. The number of hydrogen-bond acceptors (Lipinski definition) is 8. The summed E-state index contributed by atoms with van der Waals surface area (Å²) in [4.78, 5) is 27.5. The molecule has 0 unspecified atom stereocenters. The molecule has 3 aliphatic rings. The third kappa shape index (κ3) is 5.22. The number of aryl methyl sites for hydroxylation is 1. The van der Waals surface area contributed by atoms with E-state index in [1.165, 1.54) is 12.1 Å². The van der Waals surface area contributed by atoms with Crippen LogP contribution < -0.4 is 0 Å². The van der Waals surface area contributed by atoms with Crippen LogP contribution in [0.2, 0.25) is 0 Å². The Morgan fingerprint density at radius 1 is 1.10 bits per heavy atom. The third-order valence-corrected chi connectivity index (χ3v) is 12.7. The van der Waals surface area contributed by atoms with E-state index >= 15 is 0 Å². The molecule has 8 atom stereocenters. The van der Waals surface area contributed by atoms with Gasteiger partial charge in [-0.2, -0.15) is 20.2 Å². The van der Waals surface area contributed by atoms with Gasteiger partial charge in [0.2, 0.25) is 0 Å². The van der Waals surface area contributed by atoms with Crippen LogP contribution in [0.25, 0.3) is 0 Å². The van der Waals surface area contributed by atoms with E-state index < -0.39 is 39.6 Å². The van der Waals surface area contributed by atoms with Gasteiger partial charge in [-0.15, -0.1) is 0 Å². The Labute approximate surface area is 238 Å². The first kappa shape index (κ1) is 30.5. The van der Waals surface area contributed by atoms with E-state index in [4.69, 9.17) is 13.7 Å². The van der Waals surface area contributed by atoms with Crippen LogP contribution in [0.15, 0.2) is 29.2 Å². The molecule has 7 nitrogen and oxygen atoms in total. The second-order valence-electron chi connectivity index (χ2n) is 12.6. The first-order valence-corrected chi connectivity index (χ1v) is 16.8. The summed E-state index contributed by atoms with van der Waals surface area (Å²) in [6.07, 6.45) is 5.45. The molecule has 0 aromatic heterocycles. The maximum atomic E-state index is 14.2. The van der Waals surface area contributed by atoms with E-state index in [2.05, 4.69) is 20.8 Å². The van der Waals surface area contributed by atoms with Gasteiger partial charge in [0.25, 0.3) is 10.1 Å². The summed E-state index contributed by atoms with van der Waals surface area (Å²) in [5.41, 5.74) is -0.424. The molecule has 0 amide bonds. The number of carbonyl (C=O) groups is 2. The number of benzene rings is 1. The van der Waals surface area contributed by atoms with Crippen molar-refractivity contribution in [3.63, 3.8) is 0 Å². The van der Waals surface area contributed by atoms with Gasteiger partial charge < -0.3 is 9.47 Å². The number of Topliss-reactive ketones (excluding diaryl/α,β-unsaturated/α-hetero) is 1. The van der Waals surface area contributed by atoms with Crippen LogP contribution in [0.1, 0.15) is 65.4 Å².